The summed E-state index contributed by atoms with van der Waals surface area (Å²) in [5, 5.41) is 0. The highest BCUT2D eigenvalue weighted by atomic mass is 19.1. The van der Waals surface area contributed by atoms with Gasteiger partial charge in [-0.1, -0.05) is 30.3 Å². The molecule has 5 nitrogen and oxygen atoms in total. The van der Waals surface area contributed by atoms with Crippen LogP contribution < -0.4 is 15.6 Å². The summed E-state index contributed by atoms with van der Waals surface area (Å²) in [6, 6.07) is 14.3. The fourth-order valence-electron chi connectivity index (χ4n) is 1.69. The fraction of sp³-hybridized carbons (Fsp3) is 0.125. The average Bonchev–Trinajstić information content (AvgIpc) is 2.53. The minimum absolute atomic E-state index is 0.153. The molecular weight excluding hydrogens is 287 g/mol. The van der Waals surface area contributed by atoms with Crippen molar-refractivity contribution in [2.75, 3.05) is 0 Å². The van der Waals surface area contributed by atoms with E-state index in [0.717, 1.165) is 6.07 Å². The third-order valence-corrected chi connectivity index (χ3v) is 2.84. The van der Waals surface area contributed by atoms with Crippen LogP contribution in [0.4, 0.5) is 4.39 Å². The van der Waals surface area contributed by atoms with E-state index in [4.69, 9.17) is 4.74 Å². The maximum Gasteiger partial charge on any atom is 0.279 e. The van der Waals surface area contributed by atoms with Crippen molar-refractivity contribution in [1.29, 1.82) is 0 Å². The van der Waals surface area contributed by atoms with Crippen LogP contribution in [0.2, 0.25) is 0 Å². The summed E-state index contributed by atoms with van der Waals surface area (Å²) < 4.78 is 18.8. The van der Waals surface area contributed by atoms with E-state index < -0.39 is 23.7 Å². The van der Waals surface area contributed by atoms with Crippen LogP contribution in [0.3, 0.4) is 0 Å². The van der Waals surface area contributed by atoms with E-state index in [1.807, 2.05) is 6.07 Å². The Hall–Kier alpha value is -2.89. The van der Waals surface area contributed by atoms with Crippen molar-refractivity contribution in [3.8, 4) is 5.75 Å². The normalized spacial score (nSPS) is 11.4. The van der Waals surface area contributed by atoms with E-state index in [0.29, 0.717) is 5.75 Å². The van der Waals surface area contributed by atoms with Gasteiger partial charge in [0.25, 0.3) is 11.8 Å². The van der Waals surface area contributed by atoms with E-state index in [9.17, 15) is 14.0 Å². The van der Waals surface area contributed by atoms with Gasteiger partial charge >= 0.3 is 0 Å². The number of rotatable bonds is 4. The molecule has 2 amide bonds. The van der Waals surface area contributed by atoms with Gasteiger partial charge in [0.2, 0.25) is 0 Å². The van der Waals surface area contributed by atoms with Crippen LogP contribution in [0, 0.1) is 5.82 Å². The second-order valence-electron chi connectivity index (χ2n) is 4.50. The Kier molecular flexibility index (Phi) is 5.08. The zero-order valence-corrected chi connectivity index (χ0v) is 11.9. The second kappa shape index (κ2) is 7.21. The van der Waals surface area contributed by atoms with Crippen LogP contribution >= 0.6 is 0 Å². The lowest BCUT2D eigenvalue weighted by Crippen LogP contribution is -2.47. The summed E-state index contributed by atoms with van der Waals surface area (Å²) >= 11 is 0. The first-order chi connectivity index (χ1) is 10.6. The molecule has 0 aliphatic heterocycles. The lowest BCUT2D eigenvalue weighted by molar-refractivity contribution is -0.128. The molecule has 0 spiro atoms. The molecule has 0 aliphatic carbocycles. The zero-order valence-electron chi connectivity index (χ0n) is 11.9. The smallest absolute Gasteiger partial charge is 0.279 e. The number of ether oxygens (including phenoxy) is 1. The molecule has 114 valence electrons. The van der Waals surface area contributed by atoms with Gasteiger partial charge in [0.15, 0.2) is 6.10 Å². The SMILES string of the molecule is C[C@H](Oc1ccccc1)C(=O)NNC(=O)c1ccccc1F. The van der Waals surface area contributed by atoms with Gasteiger partial charge in [-0.25, -0.2) is 4.39 Å². The molecule has 2 aromatic rings. The van der Waals surface area contributed by atoms with Crippen molar-refractivity contribution in [3.63, 3.8) is 0 Å². The second-order valence-corrected chi connectivity index (χ2v) is 4.50. The largest absolute Gasteiger partial charge is 0.481 e. The Bertz CT molecular complexity index is 661. The monoisotopic (exact) mass is 302 g/mol. The third kappa shape index (κ3) is 4.05. The molecule has 22 heavy (non-hydrogen) atoms. The highest BCUT2D eigenvalue weighted by Gasteiger charge is 2.16. The first-order valence-corrected chi connectivity index (χ1v) is 6.64. The number of carbonyl (C=O) groups excluding carboxylic acids is 2. The van der Waals surface area contributed by atoms with Crippen molar-refractivity contribution in [2.24, 2.45) is 0 Å². The lowest BCUT2D eigenvalue weighted by Gasteiger charge is -2.15. The number of hydrogen-bond donors (Lipinski definition) is 2. The van der Waals surface area contributed by atoms with Crippen LogP contribution in [-0.4, -0.2) is 17.9 Å². The summed E-state index contributed by atoms with van der Waals surface area (Å²) in [6.45, 7) is 1.54. The van der Waals surface area contributed by atoms with E-state index in [1.165, 1.54) is 25.1 Å². The standard InChI is InChI=1S/C16H15FN2O3/c1-11(22-12-7-3-2-4-8-12)15(20)18-19-16(21)13-9-5-6-10-14(13)17/h2-11H,1H3,(H,18,20)(H,19,21)/t11-/m0/s1. The molecule has 0 fully saturated rings. The highest BCUT2D eigenvalue weighted by molar-refractivity contribution is 5.95. The zero-order chi connectivity index (χ0) is 15.9. The van der Waals surface area contributed by atoms with E-state index in [-0.39, 0.29) is 5.56 Å². The Balaban J connectivity index is 1.87. The number of hydrazine groups is 1. The van der Waals surface area contributed by atoms with Gasteiger partial charge in [-0.15, -0.1) is 0 Å². The first-order valence-electron chi connectivity index (χ1n) is 6.64. The number of amides is 2. The summed E-state index contributed by atoms with van der Waals surface area (Å²) in [7, 11) is 0. The third-order valence-electron chi connectivity index (χ3n) is 2.84. The Morgan fingerprint density at radius 3 is 2.32 bits per heavy atom. The van der Waals surface area contributed by atoms with Crippen LogP contribution in [0.1, 0.15) is 17.3 Å². The molecule has 0 saturated heterocycles. The highest BCUT2D eigenvalue weighted by Crippen LogP contribution is 2.10. The summed E-state index contributed by atoms with van der Waals surface area (Å²) in [5.41, 5.74) is 4.19. The molecule has 0 unspecified atom stereocenters. The number of halogens is 1. The average molecular weight is 302 g/mol. The molecule has 0 aromatic heterocycles. The van der Waals surface area contributed by atoms with Crippen LogP contribution in [0.15, 0.2) is 54.6 Å². The van der Waals surface area contributed by atoms with Gasteiger partial charge in [-0.2, -0.15) is 0 Å². The Morgan fingerprint density at radius 2 is 1.64 bits per heavy atom. The molecule has 0 bridgehead atoms. The molecule has 0 aliphatic rings. The van der Waals surface area contributed by atoms with E-state index >= 15 is 0 Å². The lowest BCUT2D eigenvalue weighted by atomic mass is 10.2. The Morgan fingerprint density at radius 1 is 1.00 bits per heavy atom. The predicted octanol–water partition coefficient (Wildman–Crippen LogP) is 2.05. The topological polar surface area (TPSA) is 67.4 Å². The number of carbonyl (C=O) groups is 2. The maximum atomic E-state index is 13.4. The molecule has 0 heterocycles. The van der Waals surface area contributed by atoms with Gasteiger partial charge in [0.05, 0.1) is 5.56 Å². The molecule has 2 aromatic carbocycles. The molecular formula is C16H15FN2O3. The minimum Gasteiger partial charge on any atom is -0.481 e. The van der Waals surface area contributed by atoms with Crippen molar-refractivity contribution in [3.05, 3.63) is 66.0 Å². The molecule has 1 atom stereocenters. The van der Waals surface area contributed by atoms with Crippen LogP contribution in [-0.2, 0) is 4.79 Å². The predicted molar refractivity (Wildman–Crippen MR) is 78.5 cm³/mol. The number of hydrogen-bond acceptors (Lipinski definition) is 3. The summed E-state index contributed by atoms with van der Waals surface area (Å²) in [5.74, 6) is -1.42. The van der Waals surface area contributed by atoms with Gasteiger partial charge in [0.1, 0.15) is 11.6 Å². The fourth-order valence-corrected chi connectivity index (χ4v) is 1.69. The molecule has 2 N–H and O–H groups in total. The van der Waals surface area contributed by atoms with Crippen LogP contribution in [0.25, 0.3) is 0 Å². The molecule has 0 radical (unpaired) electrons. The Labute approximate surface area is 127 Å². The number of para-hydroxylation sites is 1. The van der Waals surface area contributed by atoms with Crippen molar-refractivity contribution in [1.82, 2.24) is 10.9 Å². The van der Waals surface area contributed by atoms with Gasteiger partial charge < -0.3 is 4.74 Å². The van der Waals surface area contributed by atoms with Crippen molar-refractivity contribution >= 4 is 11.8 Å². The molecule has 6 heteroatoms. The minimum atomic E-state index is -0.816. The number of benzene rings is 2. The maximum absolute atomic E-state index is 13.4. The summed E-state index contributed by atoms with van der Waals surface area (Å²) in [4.78, 5) is 23.6. The van der Waals surface area contributed by atoms with E-state index in [2.05, 4.69) is 10.9 Å². The number of nitrogens with one attached hydrogen (secondary N) is 2. The van der Waals surface area contributed by atoms with Gasteiger partial charge in [-0.05, 0) is 31.2 Å². The first kappa shape index (κ1) is 15.5. The van der Waals surface area contributed by atoms with Crippen LogP contribution in [0.5, 0.6) is 5.75 Å². The quantitative estimate of drug-likeness (QED) is 0.850. The van der Waals surface area contributed by atoms with Crippen molar-refractivity contribution < 1.29 is 18.7 Å². The van der Waals surface area contributed by atoms with Crippen molar-refractivity contribution in [2.45, 2.75) is 13.0 Å². The molecule has 2 rings (SSSR count). The van der Waals surface area contributed by atoms with E-state index in [1.54, 1.807) is 24.3 Å². The molecule has 0 saturated carbocycles. The van der Waals surface area contributed by atoms with Gasteiger partial charge in [0, 0.05) is 0 Å². The summed E-state index contributed by atoms with van der Waals surface area (Å²) in [6.07, 6.45) is -0.816. The van der Waals surface area contributed by atoms with Gasteiger partial charge in [-0.3, -0.25) is 20.4 Å².